The second kappa shape index (κ2) is 8.34. The fraction of sp³-hybridized carbons (Fsp3) is 0.200. The van der Waals surface area contributed by atoms with Gasteiger partial charge in [0.2, 0.25) is 0 Å². The molecule has 32 heavy (non-hydrogen) atoms. The second-order valence-corrected chi connectivity index (χ2v) is 8.00. The van der Waals surface area contributed by atoms with Crippen molar-refractivity contribution >= 4 is 23.2 Å². The number of halogens is 1. The molecule has 1 aliphatic rings. The average Bonchev–Trinajstić information content (AvgIpc) is 2.78. The van der Waals surface area contributed by atoms with Crippen molar-refractivity contribution in [1.82, 2.24) is 0 Å². The van der Waals surface area contributed by atoms with E-state index in [1.54, 1.807) is 80.5 Å². The van der Waals surface area contributed by atoms with E-state index in [2.05, 4.69) is 5.32 Å². The SMILES string of the molecule is COc1cccc(NC(=O)c2ccc3c(c2)N(Cc2ccc(F)cc2)C(=O)C(C)(C)O3)c1. The monoisotopic (exact) mass is 434 g/mol. The highest BCUT2D eigenvalue weighted by molar-refractivity contribution is 6.07. The maximum absolute atomic E-state index is 13.3. The summed E-state index contributed by atoms with van der Waals surface area (Å²) in [5.74, 6) is 0.189. The fourth-order valence-electron chi connectivity index (χ4n) is 3.54. The van der Waals surface area contributed by atoms with Crippen LogP contribution in [0.25, 0.3) is 0 Å². The van der Waals surface area contributed by atoms with Gasteiger partial charge in [-0.25, -0.2) is 4.39 Å². The first kappa shape index (κ1) is 21.4. The first-order valence-corrected chi connectivity index (χ1v) is 10.1. The van der Waals surface area contributed by atoms with E-state index in [9.17, 15) is 14.0 Å². The molecular weight excluding hydrogens is 411 g/mol. The highest BCUT2D eigenvalue weighted by Crippen LogP contribution is 2.39. The number of benzene rings is 3. The van der Waals surface area contributed by atoms with Crippen molar-refractivity contribution in [3.8, 4) is 11.5 Å². The molecular formula is C25H23FN2O4. The summed E-state index contributed by atoms with van der Waals surface area (Å²) in [6, 6.07) is 18.0. The van der Waals surface area contributed by atoms with Gasteiger partial charge in [-0.3, -0.25) is 9.59 Å². The molecule has 2 amide bonds. The summed E-state index contributed by atoms with van der Waals surface area (Å²) < 4.78 is 24.4. The van der Waals surface area contributed by atoms with Gasteiger partial charge >= 0.3 is 0 Å². The van der Waals surface area contributed by atoms with Crippen molar-refractivity contribution in [2.75, 3.05) is 17.3 Å². The molecule has 0 bridgehead atoms. The molecule has 164 valence electrons. The zero-order valence-electron chi connectivity index (χ0n) is 18.0. The molecule has 0 radical (unpaired) electrons. The Bertz CT molecular complexity index is 1170. The van der Waals surface area contributed by atoms with E-state index in [4.69, 9.17) is 9.47 Å². The van der Waals surface area contributed by atoms with E-state index < -0.39 is 5.60 Å². The number of anilines is 2. The smallest absolute Gasteiger partial charge is 0.271 e. The lowest BCUT2D eigenvalue weighted by atomic mass is 10.0. The Kier molecular flexibility index (Phi) is 5.57. The summed E-state index contributed by atoms with van der Waals surface area (Å²) in [7, 11) is 1.55. The number of carbonyl (C=O) groups is 2. The third-order valence-electron chi connectivity index (χ3n) is 5.22. The van der Waals surface area contributed by atoms with Crippen LogP contribution in [-0.4, -0.2) is 24.5 Å². The number of rotatable bonds is 5. The number of carbonyl (C=O) groups excluding carboxylic acids is 2. The van der Waals surface area contributed by atoms with E-state index in [0.29, 0.717) is 28.4 Å². The molecule has 0 atom stereocenters. The van der Waals surface area contributed by atoms with Crippen molar-refractivity contribution in [3.63, 3.8) is 0 Å². The Morgan fingerprint density at radius 1 is 1.09 bits per heavy atom. The van der Waals surface area contributed by atoms with Crippen LogP contribution in [0.3, 0.4) is 0 Å². The second-order valence-electron chi connectivity index (χ2n) is 8.00. The van der Waals surface area contributed by atoms with E-state index in [-0.39, 0.29) is 24.2 Å². The van der Waals surface area contributed by atoms with Crippen LogP contribution in [0.1, 0.15) is 29.8 Å². The van der Waals surface area contributed by atoms with Gasteiger partial charge in [0.15, 0.2) is 5.60 Å². The first-order valence-electron chi connectivity index (χ1n) is 10.1. The van der Waals surface area contributed by atoms with Gasteiger partial charge in [-0.1, -0.05) is 18.2 Å². The third kappa shape index (κ3) is 4.27. The van der Waals surface area contributed by atoms with Crippen molar-refractivity contribution in [3.05, 3.63) is 83.7 Å². The zero-order chi connectivity index (χ0) is 22.9. The van der Waals surface area contributed by atoms with Gasteiger partial charge in [0.05, 0.1) is 19.3 Å². The quantitative estimate of drug-likeness (QED) is 0.627. The minimum absolute atomic E-state index is 0.222. The molecule has 0 fully saturated rings. The van der Waals surface area contributed by atoms with Gasteiger partial charge in [0.25, 0.3) is 11.8 Å². The number of hydrogen-bond acceptors (Lipinski definition) is 4. The maximum atomic E-state index is 13.3. The predicted molar refractivity (Wildman–Crippen MR) is 120 cm³/mol. The minimum atomic E-state index is -1.07. The zero-order valence-corrected chi connectivity index (χ0v) is 18.0. The van der Waals surface area contributed by atoms with E-state index in [1.165, 1.54) is 12.1 Å². The Morgan fingerprint density at radius 3 is 2.56 bits per heavy atom. The number of ether oxygens (including phenoxy) is 2. The number of nitrogens with one attached hydrogen (secondary N) is 1. The molecule has 0 saturated carbocycles. The molecule has 1 N–H and O–H groups in total. The number of amides is 2. The molecule has 0 aromatic heterocycles. The van der Waals surface area contributed by atoms with E-state index >= 15 is 0 Å². The minimum Gasteiger partial charge on any atom is -0.497 e. The van der Waals surface area contributed by atoms with Gasteiger partial charge < -0.3 is 19.7 Å². The van der Waals surface area contributed by atoms with Gasteiger partial charge in [-0.2, -0.15) is 0 Å². The summed E-state index contributed by atoms with van der Waals surface area (Å²) in [6.07, 6.45) is 0. The number of nitrogens with zero attached hydrogens (tertiary/aromatic N) is 1. The van der Waals surface area contributed by atoms with Crippen molar-refractivity contribution in [2.45, 2.75) is 26.0 Å². The summed E-state index contributed by atoms with van der Waals surface area (Å²) in [5, 5.41) is 2.83. The topological polar surface area (TPSA) is 67.9 Å². The van der Waals surface area contributed by atoms with Crippen molar-refractivity contribution in [2.24, 2.45) is 0 Å². The molecule has 7 heteroatoms. The van der Waals surface area contributed by atoms with Crippen LogP contribution >= 0.6 is 0 Å². The molecule has 1 heterocycles. The van der Waals surface area contributed by atoms with Crippen LogP contribution in [0.4, 0.5) is 15.8 Å². The largest absolute Gasteiger partial charge is 0.497 e. The Morgan fingerprint density at radius 2 is 1.84 bits per heavy atom. The fourth-order valence-corrected chi connectivity index (χ4v) is 3.54. The average molecular weight is 434 g/mol. The lowest BCUT2D eigenvalue weighted by Crippen LogP contribution is -2.52. The van der Waals surface area contributed by atoms with Gasteiger partial charge in [-0.15, -0.1) is 0 Å². The maximum Gasteiger partial charge on any atom is 0.271 e. The molecule has 0 spiro atoms. The Balaban J connectivity index is 1.66. The van der Waals surface area contributed by atoms with Gasteiger partial charge in [0, 0.05) is 17.3 Å². The molecule has 0 aliphatic carbocycles. The van der Waals surface area contributed by atoms with Crippen molar-refractivity contribution in [1.29, 1.82) is 0 Å². The standard InChI is InChI=1S/C25H23FN2O4/c1-25(2)24(30)28(15-16-7-10-18(26)11-8-16)21-13-17(9-12-22(21)32-25)23(29)27-19-5-4-6-20(14-19)31-3/h4-14H,15H2,1-3H3,(H,27,29). The molecule has 3 aromatic carbocycles. The van der Waals surface area contributed by atoms with Crippen LogP contribution < -0.4 is 19.7 Å². The predicted octanol–water partition coefficient (Wildman–Crippen LogP) is 4.79. The lowest BCUT2D eigenvalue weighted by Gasteiger charge is -2.39. The summed E-state index contributed by atoms with van der Waals surface area (Å²) in [4.78, 5) is 27.6. The van der Waals surface area contributed by atoms with Crippen molar-refractivity contribution < 1.29 is 23.5 Å². The normalized spacial score (nSPS) is 14.4. The summed E-state index contributed by atoms with van der Waals surface area (Å²) >= 11 is 0. The first-order chi connectivity index (χ1) is 15.3. The summed E-state index contributed by atoms with van der Waals surface area (Å²) in [5.41, 5.74) is 1.12. The Hall–Kier alpha value is -3.87. The molecule has 1 aliphatic heterocycles. The summed E-state index contributed by atoms with van der Waals surface area (Å²) in [6.45, 7) is 3.61. The third-order valence-corrected chi connectivity index (χ3v) is 5.22. The van der Waals surface area contributed by atoms with Crippen LogP contribution in [-0.2, 0) is 11.3 Å². The molecule has 6 nitrogen and oxygen atoms in total. The molecule has 0 saturated heterocycles. The highest BCUT2D eigenvalue weighted by atomic mass is 19.1. The van der Waals surface area contributed by atoms with Crippen LogP contribution in [0.15, 0.2) is 66.7 Å². The number of methoxy groups -OCH3 is 1. The molecule has 4 rings (SSSR count). The highest BCUT2D eigenvalue weighted by Gasteiger charge is 2.41. The van der Waals surface area contributed by atoms with Crippen LogP contribution in [0.5, 0.6) is 11.5 Å². The van der Waals surface area contributed by atoms with Gasteiger partial charge in [-0.05, 0) is 61.9 Å². The Labute approximate surface area is 185 Å². The van der Waals surface area contributed by atoms with E-state index in [0.717, 1.165) is 5.56 Å². The number of hydrogen-bond donors (Lipinski definition) is 1. The van der Waals surface area contributed by atoms with Gasteiger partial charge in [0.1, 0.15) is 17.3 Å². The number of fused-ring (bicyclic) bond motifs is 1. The van der Waals surface area contributed by atoms with Crippen LogP contribution in [0, 0.1) is 5.82 Å². The van der Waals surface area contributed by atoms with E-state index in [1.807, 2.05) is 0 Å². The molecule has 0 unspecified atom stereocenters. The lowest BCUT2D eigenvalue weighted by molar-refractivity contribution is -0.132. The van der Waals surface area contributed by atoms with Crippen LogP contribution in [0.2, 0.25) is 0 Å². The molecule has 3 aromatic rings.